The van der Waals surface area contributed by atoms with Crippen molar-refractivity contribution in [3.63, 3.8) is 0 Å². The molecule has 0 atom stereocenters. The molecule has 7 heteroatoms. The summed E-state index contributed by atoms with van der Waals surface area (Å²) < 4.78 is 0. The zero-order valence-corrected chi connectivity index (χ0v) is 33.0. The summed E-state index contributed by atoms with van der Waals surface area (Å²) in [5.41, 5.74) is 21.0. The number of thioether (sulfide) groups is 1. The van der Waals surface area contributed by atoms with Gasteiger partial charge >= 0.3 is 0 Å². The fourth-order valence-electron chi connectivity index (χ4n) is 8.28. The average molecular weight is 739 g/mol. The Labute approximate surface area is 325 Å². The molecular formula is C48H42N4O2S. The maximum atomic E-state index is 12.9. The Kier molecular flexibility index (Phi) is 9.35. The fraction of sp³-hybridized carbons (Fsp3) is 0.167. The monoisotopic (exact) mass is 738 g/mol. The summed E-state index contributed by atoms with van der Waals surface area (Å²) >= 11 is 1.31. The molecule has 0 amide bonds. The van der Waals surface area contributed by atoms with Crippen molar-refractivity contribution < 1.29 is 9.59 Å². The molecule has 6 aromatic rings. The average Bonchev–Trinajstić information content (AvgIpc) is 3.97. The van der Waals surface area contributed by atoms with Gasteiger partial charge in [-0.3, -0.25) is 9.59 Å². The van der Waals surface area contributed by atoms with Crippen LogP contribution in [0.25, 0.3) is 79.8 Å². The Morgan fingerprint density at radius 2 is 0.982 bits per heavy atom. The van der Waals surface area contributed by atoms with Gasteiger partial charge in [0.15, 0.2) is 11.4 Å². The minimum absolute atomic E-state index is 0.0986. The van der Waals surface area contributed by atoms with E-state index in [1.54, 1.807) is 6.92 Å². The first-order valence-electron chi connectivity index (χ1n) is 18.5. The van der Waals surface area contributed by atoms with Crippen LogP contribution in [0, 0.1) is 41.5 Å². The van der Waals surface area contributed by atoms with Crippen LogP contribution in [-0.2, 0) is 10.5 Å². The maximum absolute atomic E-state index is 12.9. The Bertz CT molecular complexity index is 2710. The Hall–Kier alpha value is -6.05. The van der Waals surface area contributed by atoms with Crippen LogP contribution in [-0.4, -0.2) is 31.3 Å². The number of carbonyl (C=O) groups excluding carboxylic acids is 2. The largest absolute Gasteiger partial charge is 0.354 e. The molecule has 55 heavy (non-hydrogen) atoms. The number of aldehydes is 1. The van der Waals surface area contributed by atoms with E-state index in [9.17, 15) is 9.59 Å². The van der Waals surface area contributed by atoms with Gasteiger partial charge in [-0.2, -0.15) is 0 Å². The molecule has 2 aliphatic rings. The molecule has 5 heterocycles. The number of aromatic nitrogens is 4. The van der Waals surface area contributed by atoms with E-state index < -0.39 is 0 Å². The molecule has 8 bridgehead atoms. The molecule has 272 valence electrons. The van der Waals surface area contributed by atoms with Crippen molar-refractivity contribution >= 4 is 69.5 Å². The van der Waals surface area contributed by atoms with Crippen LogP contribution in [0.15, 0.2) is 72.8 Å². The number of aromatic amines is 2. The number of rotatable bonds is 6. The minimum atomic E-state index is 0.0986. The molecule has 0 unspecified atom stereocenters. The summed E-state index contributed by atoms with van der Waals surface area (Å²) in [5, 5.41) is 0.0986. The first-order chi connectivity index (χ1) is 26.5. The molecule has 0 fully saturated rings. The van der Waals surface area contributed by atoms with Crippen molar-refractivity contribution in [2.45, 2.75) is 54.2 Å². The second-order valence-electron chi connectivity index (χ2n) is 14.7. The van der Waals surface area contributed by atoms with Crippen LogP contribution in [0.4, 0.5) is 0 Å². The number of nitrogens with one attached hydrogen (secondary N) is 2. The highest BCUT2D eigenvalue weighted by Crippen LogP contribution is 2.40. The predicted octanol–water partition coefficient (Wildman–Crippen LogP) is 12.1. The molecule has 0 saturated carbocycles. The van der Waals surface area contributed by atoms with Crippen LogP contribution in [0.2, 0.25) is 0 Å². The fourth-order valence-corrected chi connectivity index (χ4v) is 8.85. The van der Waals surface area contributed by atoms with Crippen molar-refractivity contribution in [1.82, 2.24) is 19.9 Å². The minimum Gasteiger partial charge on any atom is -0.354 e. The SMILES string of the molecule is CC(=O)SCc1ccc(-c2c3nc(c(-c4c(C)cc(C)cc4C)c4ccc([nH]4)c(C=O)c4nc(c(-c5c(C)cc(C)cc5C)c5ccc2[nH]5)C=C4)C=C3)cc1. The van der Waals surface area contributed by atoms with E-state index in [1.165, 1.54) is 22.9 Å². The van der Waals surface area contributed by atoms with Crippen molar-refractivity contribution in [3.8, 4) is 33.4 Å². The molecule has 3 aromatic heterocycles. The second kappa shape index (κ2) is 14.3. The van der Waals surface area contributed by atoms with E-state index in [2.05, 4.69) is 124 Å². The highest BCUT2D eigenvalue weighted by molar-refractivity contribution is 8.12. The third-order valence-electron chi connectivity index (χ3n) is 10.5. The molecule has 6 nitrogen and oxygen atoms in total. The molecule has 0 saturated heterocycles. The molecule has 0 spiro atoms. The first-order valence-corrected chi connectivity index (χ1v) is 19.5. The number of aryl methyl sites for hydroxylation is 6. The Balaban J connectivity index is 1.54. The van der Waals surface area contributed by atoms with E-state index in [4.69, 9.17) is 9.97 Å². The summed E-state index contributed by atoms with van der Waals surface area (Å²) in [7, 11) is 0. The highest BCUT2D eigenvalue weighted by atomic mass is 32.2. The lowest BCUT2D eigenvalue weighted by Crippen LogP contribution is -1.95. The normalized spacial score (nSPS) is 12.1. The molecule has 0 aliphatic carbocycles. The van der Waals surface area contributed by atoms with Crippen molar-refractivity contribution in [3.05, 3.63) is 140 Å². The number of carbonyl (C=O) groups is 2. The van der Waals surface area contributed by atoms with E-state index in [0.29, 0.717) is 22.5 Å². The van der Waals surface area contributed by atoms with Gasteiger partial charge in [0.2, 0.25) is 0 Å². The number of benzene rings is 3. The van der Waals surface area contributed by atoms with Gasteiger partial charge in [0.1, 0.15) is 0 Å². The molecular weight excluding hydrogens is 697 g/mol. The lowest BCUT2D eigenvalue weighted by Gasteiger charge is -2.13. The van der Waals surface area contributed by atoms with Gasteiger partial charge in [-0.1, -0.05) is 71.4 Å². The maximum Gasteiger partial charge on any atom is 0.186 e. The highest BCUT2D eigenvalue weighted by Gasteiger charge is 2.21. The number of hydrogen-bond donors (Lipinski definition) is 2. The first kappa shape index (κ1) is 36.0. The quantitative estimate of drug-likeness (QED) is 0.166. The van der Waals surface area contributed by atoms with Crippen LogP contribution >= 0.6 is 11.8 Å². The summed E-state index contributed by atoms with van der Waals surface area (Å²) in [6.07, 6.45) is 9.03. The standard InChI is InChI=1S/C48H42N4O2S/c1-26-20-28(3)44(29(4)21-26)47-40-14-12-36(49-40)35(24-53)37-13-15-41(50-37)48(45-30(5)22-27(2)23-31(45)6)43-19-17-39(52-43)46(38-16-18-42(47)51-38)34-10-8-33(9-11-34)25-55-32(7)54/h8-24,49,52H,25H2,1-7H3. The molecule has 2 aliphatic heterocycles. The van der Waals surface area contributed by atoms with E-state index in [1.807, 2.05) is 24.3 Å². The topological polar surface area (TPSA) is 91.5 Å². The summed E-state index contributed by atoms with van der Waals surface area (Å²) in [5.74, 6) is 0.619. The molecule has 2 N–H and O–H groups in total. The smallest absolute Gasteiger partial charge is 0.186 e. The van der Waals surface area contributed by atoms with Gasteiger partial charge in [0.05, 0.1) is 33.9 Å². The molecule has 3 aromatic carbocycles. The van der Waals surface area contributed by atoms with Crippen LogP contribution in [0.5, 0.6) is 0 Å². The van der Waals surface area contributed by atoms with E-state index in [0.717, 1.165) is 101 Å². The zero-order valence-electron chi connectivity index (χ0n) is 32.1. The zero-order chi connectivity index (χ0) is 38.5. The van der Waals surface area contributed by atoms with Crippen LogP contribution < -0.4 is 0 Å². The summed E-state index contributed by atoms with van der Waals surface area (Å²) in [6, 6.07) is 25.5. The third kappa shape index (κ3) is 6.70. The Morgan fingerprint density at radius 3 is 1.47 bits per heavy atom. The van der Waals surface area contributed by atoms with Crippen molar-refractivity contribution in [2.75, 3.05) is 0 Å². The van der Waals surface area contributed by atoms with E-state index >= 15 is 0 Å². The van der Waals surface area contributed by atoms with Gasteiger partial charge in [0.25, 0.3) is 0 Å². The lowest BCUT2D eigenvalue weighted by atomic mass is 9.92. The number of H-pyrrole nitrogens is 2. The lowest BCUT2D eigenvalue weighted by molar-refractivity contribution is -0.109. The van der Waals surface area contributed by atoms with Crippen molar-refractivity contribution in [1.29, 1.82) is 0 Å². The Morgan fingerprint density at radius 1 is 0.564 bits per heavy atom. The van der Waals surface area contributed by atoms with Gasteiger partial charge in [-0.25, -0.2) is 9.97 Å². The third-order valence-corrected chi connectivity index (χ3v) is 11.3. The van der Waals surface area contributed by atoms with Gasteiger partial charge in [0, 0.05) is 45.9 Å². The summed E-state index contributed by atoms with van der Waals surface area (Å²) in [4.78, 5) is 42.7. The summed E-state index contributed by atoms with van der Waals surface area (Å²) in [6.45, 7) is 14.4. The van der Waals surface area contributed by atoms with Crippen molar-refractivity contribution in [2.24, 2.45) is 0 Å². The predicted molar refractivity (Wildman–Crippen MR) is 231 cm³/mol. The number of nitrogens with zero attached hydrogens (tertiary/aromatic N) is 2. The van der Waals surface area contributed by atoms with E-state index in [-0.39, 0.29) is 5.12 Å². The second-order valence-corrected chi connectivity index (χ2v) is 15.8. The van der Waals surface area contributed by atoms with Crippen LogP contribution in [0.3, 0.4) is 0 Å². The van der Waals surface area contributed by atoms with Gasteiger partial charge in [-0.05, 0) is 135 Å². The number of hydrogen-bond acceptors (Lipinski definition) is 5. The molecule has 0 radical (unpaired) electrons. The molecule has 8 rings (SSSR count). The van der Waals surface area contributed by atoms with Gasteiger partial charge in [-0.15, -0.1) is 0 Å². The van der Waals surface area contributed by atoms with Crippen LogP contribution in [0.1, 0.15) is 79.0 Å². The van der Waals surface area contributed by atoms with Gasteiger partial charge < -0.3 is 9.97 Å². The number of fused-ring (bicyclic) bond motifs is 8.